The second-order valence-corrected chi connectivity index (χ2v) is 4.86. The number of urea groups is 1. The zero-order valence-corrected chi connectivity index (χ0v) is 11.9. The highest BCUT2D eigenvalue weighted by molar-refractivity contribution is 5.89. The number of aliphatic hydroxyl groups excluding tert-OH is 1. The summed E-state index contributed by atoms with van der Waals surface area (Å²) in [7, 11) is 0. The second kappa shape index (κ2) is 7.00. The topological polar surface area (TPSA) is 61.4 Å². The summed E-state index contributed by atoms with van der Waals surface area (Å²) in [5, 5.41) is 14.6. The summed E-state index contributed by atoms with van der Waals surface area (Å²) in [6.45, 7) is 1.57. The van der Waals surface area contributed by atoms with Crippen molar-refractivity contribution in [3.8, 4) is 0 Å². The quantitative estimate of drug-likeness (QED) is 0.812. The summed E-state index contributed by atoms with van der Waals surface area (Å²) in [6, 6.07) is 9.39. The van der Waals surface area contributed by atoms with E-state index in [1.54, 1.807) is 19.1 Å². The van der Waals surface area contributed by atoms with Crippen LogP contribution in [0.3, 0.4) is 0 Å². The molecular weight excluding hydrogens is 290 g/mol. The third-order valence-electron chi connectivity index (χ3n) is 3.09. The molecule has 4 nitrogen and oxygen atoms in total. The molecule has 1 unspecified atom stereocenters. The van der Waals surface area contributed by atoms with E-state index in [0.29, 0.717) is 0 Å². The molecular formula is C16H16F2N2O2. The highest BCUT2D eigenvalue weighted by Crippen LogP contribution is 2.17. The van der Waals surface area contributed by atoms with E-state index >= 15 is 0 Å². The van der Waals surface area contributed by atoms with Crippen LogP contribution >= 0.6 is 0 Å². The Morgan fingerprint density at radius 2 is 1.91 bits per heavy atom. The summed E-state index contributed by atoms with van der Waals surface area (Å²) in [5.41, 5.74) is 0.922. The number of carbonyl (C=O) groups is 1. The fourth-order valence-electron chi connectivity index (χ4n) is 1.95. The van der Waals surface area contributed by atoms with Crippen molar-refractivity contribution in [1.29, 1.82) is 0 Å². The van der Waals surface area contributed by atoms with Crippen LogP contribution in [0.5, 0.6) is 0 Å². The lowest BCUT2D eigenvalue weighted by Crippen LogP contribution is -2.32. The first kappa shape index (κ1) is 15.9. The summed E-state index contributed by atoms with van der Waals surface area (Å²) < 4.78 is 27.0. The lowest BCUT2D eigenvalue weighted by atomic mass is 10.1. The first-order chi connectivity index (χ1) is 10.5. The molecule has 2 rings (SSSR count). The average molecular weight is 306 g/mol. The highest BCUT2D eigenvalue weighted by atomic mass is 19.1. The minimum absolute atomic E-state index is 0.0397. The number of carbonyl (C=O) groups excluding carboxylic acids is 1. The van der Waals surface area contributed by atoms with Crippen molar-refractivity contribution < 1.29 is 18.7 Å². The monoisotopic (exact) mass is 306 g/mol. The summed E-state index contributed by atoms with van der Waals surface area (Å²) in [6.07, 6.45) is -1.19. The zero-order valence-electron chi connectivity index (χ0n) is 11.9. The van der Waals surface area contributed by atoms with Gasteiger partial charge in [-0.3, -0.25) is 0 Å². The van der Waals surface area contributed by atoms with Gasteiger partial charge in [0.2, 0.25) is 0 Å². The van der Waals surface area contributed by atoms with Crippen molar-refractivity contribution in [1.82, 2.24) is 5.32 Å². The van der Waals surface area contributed by atoms with E-state index < -0.39 is 23.8 Å². The Hall–Kier alpha value is -2.47. The Morgan fingerprint density at radius 3 is 2.64 bits per heavy atom. The number of benzene rings is 2. The molecule has 0 aromatic heterocycles. The van der Waals surface area contributed by atoms with Gasteiger partial charge in [-0.1, -0.05) is 24.3 Å². The predicted octanol–water partition coefficient (Wildman–Crippen LogP) is 3.13. The Morgan fingerprint density at radius 1 is 1.18 bits per heavy atom. The van der Waals surface area contributed by atoms with Crippen molar-refractivity contribution in [3.05, 3.63) is 65.2 Å². The van der Waals surface area contributed by atoms with Crippen LogP contribution in [-0.2, 0) is 0 Å². The number of nitrogens with one attached hydrogen (secondary N) is 2. The molecule has 3 N–H and O–H groups in total. The molecule has 2 aromatic carbocycles. The van der Waals surface area contributed by atoms with Crippen LogP contribution in [0.1, 0.15) is 17.2 Å². The highest BCUT2D eigenvalue weighted by Gasteiger charge is 2.14. The van der Waals surface area contributed by atoms with Crippen LogP contribution < -0.4 is 10.6 Å². The standard InChI is InChI=1S/C16H16F2N2O2/c1-10-6-7-13(18)14(8-10)20-16(22)19-9-15(21)11-4-2-3-5-12(11)17/h2-8,15,21H,9H2,1H3,(H2,19,20,22). The van der Waals surface area contributed by atoms with Gasteiger partial charge in [-0.15, -0.1) is 0 Å². The van der Waals surface area contributed by atoms with Crippen molar-refractivity contribution >= 4 is 11.7 Å². The summed E-state index contributed by atoms with van der Waals surface area (Å²) in [4.78, 5) is 11.7. The molecule has 0 radical (unpaired) electrons. The lowest BCUT2D eigenvalue weighted by Gasteiger charge is -2.14. The van der Waals surface area contributed by atoms with Gasteiger partial charge in [0.1, 0.15) is 11.6 Å². The van der Waals surface area contributed by atoms with E-state index in [4.69, 9.17) is 0 Å². The Balaban J connectivity index is 1.93. The Kier molecular flexibility index (Phi) is 5.06. The molecule has 0 saturated carbocycles. The van der Waals surface area contributed by atoms with E-state index in [2.05, 4.69) is 10.6 Å². The zero-order chi connectivity index (χ0) is 16.1. The molecule has 0 spiro atoms. The number of aryl methyl sites for hydroxylation is 1. The Bertz CT molecular complexity index is 677. The summed E-state index contributed by atoms with van der Waals surface area (Å²) >= 11 is 0. The SMILES string of the molecule is Cc1ccc(F)c(NC(=O)NCC(O)c2ccccc2F)c1. The third kappa shape index (κ3) is 4.02. The Labute approximate surface area is 126 Å². The normalized spacial score (nSPS) is 11.8. The molecule has 116 valence electrons. The van der Waals surface area contributed by atoms with Crippen molar-refractivity contribution in [3.63, 3.8) is 0 Å². The fraction of sp³-hybridized carbons (Fsp3) is 0.188. The van der Waals surface area contributed by atoms with Crippen molar-refractivity contribution in [2.24, 2.45) is 0 Å². The smallest absolute Gasteiger partial charge is 0.319 e. The van der Waals surface area contributed by atoms with E-state index in [1.165, 1.54) is 30.3 Å². The molecule has 0 aliphatic rings. The summed E-state index contributed by atoms with van der Waals surface area (Å²) in [5.74, 6) is -1.11. The maximum absolute atomic E-state index is 13.5. The minimum atomic E-state index is -1.19. The van der Waals surface area contributed by atoms with Gasteiger partial charge < -0.3 is 15.7 Å². The second-order valence-electron chi connectivity index (χ2n) is 4.86. The molecule has 6 heteroatoms. The van der Waals surface area contributed by atoms with Gasteiger partial charge in [0.05, 0.1) is 11.8 Å². The third-order valence-corrected chi connectivity index (χ3v) is 3.09. The molecule has 0 bridgehead atoms. The number of halogens is 2. The van der Waals surface area contributed by atoms with Crippen molar-refractivity contribution in [2.45, 2.75) is 13.0 Å². The molecule has 0 aliphatic heterocycles. The van der Waals surface area contributed by atoms with Gasteiger partial charge in [-0.05, 0) is 30.7 Å². The number of hydrogen-bond donors (Lipinski definition) is 3. The molecule has 2 amide bonds. The number of hydrogen-bond acceptors (Lipinski definition) is 2. The van der Waals surface area contributed by atoms with Gasteiger partial charge in [-0.25, -0.2) is 13.6 Å². The fourth-order valence-corrected chi connectivity index (χ4v) is 1.95. The van der Waals surface area contributed by atoms with Gasteiger partial charge in [-0.2, -0.15) is 0 Å². The van der Waals surface area contributed by atoms with E-state index in [-0.39, 0.29) is 17.8 Å². The van der Waals surface area contributed by atoms with Crippen LogP contribution in [0.25, 0.3) is 0 Å². The first-order valence-electron chi connectivity index (χ1n) is 6.71. The van der Waals surface area contributed by atoms with E-state index in [9.17, 15) is 18.7 Å². The molecule has 0 fully saturated rings. The number of aliphatic hydroxyl groups is 1. The molecule has 22 heavy (non-hydrogen) atoms. The minimum Gasteiger partial charge on any atom is -0.386 e. The van der Waals surface area contributed by atoms with Crippen LogP contribution in [0, 0.1) is 18.6 Å². The molecule has 0 aliphatic carbocycles. The van der Waals surface area contributed by atoms with Crippen molar-refractivity contribution in [2.75, 3.05) is 11.9 Å². The largest absolute Gasteiger partial charge is 0.386 e. The van der Waals surface area contributed by atoms with Gasteiger partial charge in [0.15, 0.2) is 0 Å². The van der Waals surface area contributed by atoms with E-state index in [1.807, 2.05) is 0 Å². The first-order valence-corrected chi connectivity index (χ1v) is 6.71. The molecule has 0 saturated heterocycles. The van der Waals surface area contributed by atoms with Crippen LogP contribution in [0.2, 0.25) is 0 Å². The maximum atomic E-state index is 13.5. The van der Waals surface area contributed by atoms with Gasteiger partial charge >= 0.3 is 6.03 Å². The molecule has 0 heterocycles. The van der Waals surface area contributed by atoms with Gasteiger partial charge in [0, 0.05) is 12.1 Å². The number of rotatable bonds is 4. The van der Waals surface area contributed by atoms with Crippen LogP contribution in [0.15, 0.2) is 42.5 Å². The maximum Gasteiger partial charge on any atom is 0.319 e. The van der Waals surface area contributed by atoms with E-state index in [0.717, 1.165) is 5.56 Å². The lowest BCUT2D eigenvalue weighted by molar-refractivity contribution is 0.170. The average Bonchev–Trinajstić information content (AvgIpc) is 2.49. The number of anilines is 1. The van der Waals surface area contributed by atoms with Crippen LogP contribution in [0.4, 0.5) is 19.3 Å². The van der Waals surface area contributed by atoms with Gasteiger partial charge in [0.25, 0.3) is 0 Å². The predicted molar refractivity (Wildman–Crippen MR) is 79.5 cm³/mol. The number of amides is 2. The molecule has 1 atom stereocenters. The van der Waals surface area contributed by atoms with Crippen LogP contribution in [-0.4, -0.2) is 17.7 Å². The molecule has 2 aromatic rings.